The van der Waals surface area contributed by atoms with Crippen LogP contribution in [0.1, 0.15) is 44.4 Å². The monoisotopic (exact) mass is 486 g/mol. The van der Waals surface area contributed by atoms with Crippen molar-refractivity contribution in [2.24, 2.45) is 11.8 Å². The second kappa shape index (κ2) is 11.6. The van der Waals surface area contributed by atoms with Crippen LogP contribution in [0.5, 0.6) is 0 Å². The maximum Gasteiger partial charge on any atom is 0.243 e. The summed E-state index contributed by atoms with van der Waals surface area (Å²) in [4.78, 5) is 29.7. The molecule has 0 aliphatic carbocycles. The Bertz CT molecular complexity index is 949. The molecule has 8 heteroatoms. The van der Waals surface area contributed by atoms with E-state index in [0.29, 0.717) is 21.4 Å². The van der Waals surface area contributed by atoms with Crippen LogP contribution in [0.2, 0.25) is 0 Å². The molecule has 1 saturated heterocycles. The number of amides is 2. The third kappa shape index (κ3) is 6.06. The Morgan fingerprint density at radius 2 is 1.94 bits per heavy atom. The van der Waals surface area contributed by atoms with Crippen molar-refractivity contribution >= 4 is 39.2 Å². The highest BCUT2D eigenvalue weighted by Crippen LogP contribution is 2.31. The molecule has 178 valence electrons. The SMILES string of the molecule is BPC[C@H](C(=O)N1C[C@H](OC)CC1C(=O)N[C@@H](C)c1ccc(-c2sccc2C)cc1)C(C)C. The minimum absolute atomic E-state index is 0.0510. The molecule has 0 bridgehead atoms. The molecule has 1 aliphatic heterocycles. The number of rotatable bonds is 9. The molecule has 1 aromatic heterocycles. The van der Waals surface area contributed by atoms with E-state index < -0.39 is 6.04 Å². The van der Waals surface area contributed by atoms with Crippen molar-refractivity contribution in [3.8, 4) is 10.4 Å². The number of thiophene rings is 1. The Morgan fingerprint density at radius 1 is 1.24 bits per heavy atom. The van der Waals surface area contributed by atoms with Gasteiger partial charge in [-0.25, -0.2) is 0 Å². The van der Waals surface area contributed by atoms with Crippen LogP contribution in [-0.2, 0) is 14.3 Å². The number of aryl methyl sites for hydroxylation is 1. The average Bonchev–Trinajstić information content (AvgIpc) is 3.43. The molecule has 33 heavy (non-hydrogen) atoms. The number of carbonyl (C=O) groups is 2. The normalized spacial score (nSPS) is 20.5. The number of likely N-dealkylation sites (tertiary alicyclic amines) is 1. The van der Waals surface area contributed by atoms with E-state index >= 15 is 0 Å². The molecule has 1 N–H and O–H groups in total. The van der Waals surface area contributed by atoms with Crippen LogP contribution in [0.25, 0.3) is 10.4 Å². The summed E-state index contributed by atoms with van der Waals surface area (Å²) in [5.41, 5.74) is 3.51. The zero-order valence-electron chi connectivity index (χ0n) is 20.6. The molecule has 2 amide bonds. The quantitative estimate of drug-likeness (QED) is 0.431. The smallest absolute Gasteiger partial charge is 0.243 e. The van der Waals surface area contributed by atoms with E-state index in [1.165, 1.54) is 16.0 Å². The highest BCUT2D eigenvalue weighted by Gasteiger charge is 2.42. The largest absolute Gasteiger partial charge is 0.380 e. The van der Waals surface area contributed by atoms with Gasteiger partial charge in [-0.3, -0.25) is 9.59 Å². The van der Waals surface area contributed by atoms with E-state index in [-0.39, 0.29) is 35.8 Å². The van der Waals surface area contributed by atoms with E-state index in [0.717, 1.165) is 11.7 Å². The van der Waals surface area contributed by atoms with E-state index in [4.69, 9.17) is 4.74 Å². The molecule has 0 radical (unpaired) electrons. The summed E-state index contributed by atoms with van der Waals surface area (Å²) in [5.74, 6) is 0.182. The van der Waals surface area contributed by atoms with E-state index in [9.17, 15) is 9.59 Å². The standard InChI is InChI=1S/C25H36BN2O3PS/c1-15(2)21(14-32-26)25(30)28-13-20(31-5)12-22(28)24(29)27-17(4)18-6-8-19(9-7-18)23-16(3)10-11-33-23/h6-11,15,17,20-22,32H,12-14,26H2,1-5H3,(H,27,29)/t17-,20+,21-,22?/m0/s1. The molecule has 1 aromatic carbocycles. The fraction of sp³-hybridized carbons (Fsp3) is 0.520. The van der Waals surface area contributed by atoms with E-state index in [2.05, 4.69) is 69.4 Å². The average molecular weight is 486 g/mol. The summed E-state index contributed by atoms with van der Waals surface area (Å²) in [6, 6.07) is 9.87. The number of nitrogens with zero attached hydrogens (tertiary/aromatic N) is 1. The summed E-state index contributed by atoms with van der Waals surface area (Å²) in [6.45, 7) is 8.77. The van der Waals surface area contributed by atoms with Crippen LogP contribution in [0.4, 0.5) is 0 Å². The summed E-state index contributed by atoms with van der Waals surface area (Å²) >= 11 is 1.74. The summed E-state index contributed by atoms with van der Waals surface area (Å²) in [5, 5.41) is 5.25. The summed E-state index contributed by atoms with van der Waals surface area (Å²) in [6.07, 6.45) is 1.30. The third-order valence-electron chi connectivity index (χ3n) is 6.62. The fourth-order valence-corrected chi connectivity index (χ4v) is 6.51. The fourth-order valence-electron chi connectivity index (χ4n) is 4.49. The third-order valence-corrected chi connectivity index (χ3v) is 8.54. The Balaban J connectivity index is 1.71. The maximum atomic E-state index is 13.4. The van der Waals surface area contributed by atoms with Crippen LogP contribution in [0.15, 0.2) is 35.7 Å². The first kappa shape index (κ1) is 25.9. The van der Waals surface area contributed by atoms with Crippen LogP contribution < -0.4 is 5.32 Å². The molecule has 2 aromatic rings. The van der Waals surface area contributed by atoms with Gasteiger partial charge in [0.2, 0.25) is 11.8 Å². The predicted molar refractivity (Wildman–Crippen MR) is 142 cm³/mol. The number of hydrogen-bond donors (Lipinski definition) is 1. The zero-order chi connectivity index (χ0) is 24.1. The van der Waals surface area contributed by atoms with Crippen molar-refractivity contribution in [1.82, 2.24) is 10.2 Å². The first-order valence-electron chi connectivity index (χ1n) is 11.7. The maximum absolute atomic E-state index is 13.4. The lowest BCUT2D eigenvalue weighted by Gasteiger charge is -2.30. The number of nitrogens with one attached hydrogen (secondary N) is 1. The van der Waals surface area contributed by atoms with Crippen LogP contribution >= 0.6 is 19.8 Å². The Labute approximate surface area is 204 Å². The van der Waals surface area contributed by atoms with Crippen molar-refractivity contribution in [2.75, 3.05) is 19.8 Å². The van der Waals surface area contributed by atoms with Gasteiger partial charge in [0, 0.05) is 30.9 Å². The number of hydrogen-bond acceptors (Lipinski definition) is 4. The van der Waals surface area contributed by atoms with Gasteiger partial charge in [0.15, 0.2) is 0 Å². The molecule has 3 rings (SSSR count). The first-order valence-corrected chi connectivity index (χ1v) is 14.3. The molecule has 1 fully saturated rings. The van der Waals surface area contributed by atoms with Gasteiger partial charge >= 0.3 is 0 Å². The summed E-state index contributed by atoms with van der Waals surface area (Å²) in [7, 11) is 4.49. The molecular formula is C25H36BN2O3PS. The molecule has 0 saturated carbocycles. The van der Waals surface area contributed by atoms with E-state index in [1.54, 1.807) is 23.3 Å². The first-order chi connectivity index (χ1) is 15.8. The topological polar surface area (TPSA) is 58.6 Å². The number of ether oxygens (including phenoxy) is 1. The van der Waals surface area contributed by atoms with Crippen molar-refractivity contribution in [2.45, 2.75) is 52.3 Å². The lowest BCUT2D eigenvalue weighted by atomic mass is 9.96. The molecule has 1 aliphatic rings. The summed E-state index contributed by atoms with van der Waals surface area (Å²) < 4.78 is 5.55. The van der Waals surface area contributed by atoms with Crippen molar-refractivity contribution in [1.29, 1.82) is 0 Å². The zero-order valence-corrected chi connectivity index (χ0v) is 22.4. The Morgan fingerprint density at radius 3 is 2.48 bits per heavy atom. The Kier molecular flexibility index (Phi) is 9.14. The second-order valence-corrected chi connectivity index (χ2v) is 11.3. The highest BCUT2D eigenvalue weighted by atomic mass is 32.1. The number of carbonyl (C=O) groups excluding carboxylic acids is 2. The Hall–Kier alpha value is -1.69. The molecular weight excluding hydrogens is 450 g/mol. The van der Waals surface area contributed by atoms with Crippen molar-refractivity contribution in [3.05, 3.63) is 46.8 Å². The van der Waals surface area contributed by atoms with Crippen molar-refractivity contribution in [3.63, 3.8) is 0 Å². The number of benzene rings is 1. The van der Waals surface area contributed by atoms with Gasteiger partial charge < -0.3 is 15.0 Å². The van der Waals surface area contributed by atoms with Gasteiger partial charge in [-0.05, 0) is 54.1 Å². The molecule has 2 heterocycles. The minimum Gasteiger partial charge on any atom is -0.380 e. The molecule has 2 unspecified atom stereocenters. The van der Waals surface area contributed by atoms with Gasteiger partial charge in [-0.1, -0.05) is 38.1 Å². The second-order valence-electron chi connectivity index (χ2n) is 9.29. The number of methoxy groups -OCH3 is 1. The van der Waals surface area contributed by atoms with Crippen LogP contribution in [0, 0.1) is 18.8 Å². The van der Waals surface area contributed by atoms with Crippen LogP contribution in [0.3, 0.4) is 0 Å². The predicted octanol–water partition coefficient (Wildman–Crippen LogP) is 4.02. The molecule has 0 spiro atoms. The lowest BCUT2D eigenvalue weighted by Crippen LogP contribution is -2.49. The van der Waals surface area contributed by atoms with Gasteiger partial charge in [0.1, 0.15) is 13.6 Å². The van der Waals surface area contributed by atoms with Gasteiger partial charge in [0.25, 0.3) is 0 Å². The van der Waals surface area contributed by atoms with Gasteiger partial charge in [-0.2, -0.15) is 8.46 Å². The minimum atomic E-state index is -0.487. The lowest BCUT2D eigenvalue weighted by molar-refractivity contribution is -0.142. The van der Waals surface area contributed by atoms with E-state index in [1.807, 2.05) is 6.92 Å². The van der Waals surface area contributed by atoms with Gasteiger partial charge in [0.05, 0.1) is 12.1 Å². The van der Waals surface area contributed by atoms with Crippen molar-refractivity contribution < 1.29 is 14.3 Å². The van der Waals surface area contributed by atoms with Crippen LogP contribution in [-0.4, -0.2) is 56.2 Å². The molecule has 5 atom stereocenters. The van der Waals surface area contributed by atoms with Gasteiger partial charge in [-0.15, -0.1) is 11.3 Å². The highest BCUT2D eigenvalue weighted by molar-refractivity contribution is 7.66. The molecule has 5 nitrogen and oxygen atoms in total.